The van der Waals surface area contributed by atoms with Crippen molar-refractivity contribution in [1.82, 2.24) is 0 Å². The van der Waals surface area contributed by atoms with Crippen LogP contribution in [-0.4, -0.2) is 32.2 Å². The lowest BCUT2D eigenvalue weighted by molar-refractivity contribution is 0.0969. The van der Waals surface area contributed by atoms with Gasteiger partial charge in [-0.05, 0) is 67.8 Å². The normalized spacial score (nSPS) is 11.4. The van der Waals surface area contributed by atoms with E-state index in [9.17, 15) is 8.42 Å². The molecule has 7 heteroatoms. The molecular formula is C17H20O6S. The topological polar surface area (TPSA) is 93.1 Å². The lowest BCUT2D eigenvalue weighted by Crippen LogP contribution is -2.06. The number of sulfone groups is 1. The largest absolute Gasteiger partial charge is 0.467 e. The molecule has 2 rings (SSSR count). The zero-order valence-electron chi connectivity index (χ0n) is 13.7. The summed E-state index contributed by atoms with van der Waals surface area (Å²) in [7, 11) is -3.71. The zero-order chi connectivity index (χ0) is 17.9. The van der Waals surface area contributed by atoms with Gasteiger partial charge in [-0.25, -0.2) is 8.42 Å². The molecule has 24 heavy (non-hydrogen) atoms. The molecule has 0 aliphatic carbocycles. The van der Waals surface area contributed by atoms with Gasteiger partial charge in [-0.1, -0.05) is 0 Å². The Morgan fingerprint density at radius 3 is 1.88 bits per heavy atom. The van der Waals surface area contributed by atoms with E-state index in [1.165, 1.54) is 30.3 Å². The highest BCUT2D eigenvalue weighted by atomic mass is 32.2. The molecule has 0 unspecified atom stereocenters. The van der Waals surface area contributed by atoms with Crippen LogP contribution in [0.1, 0.15) is 16.7 Å². The van der Waals surface area contributed by atoms with E-state index in [-0.39, 0.29) is 9.79 Å². The molecular weight excluding hydrogens is 332 g/mol. The third-order valence-electron chi connectivity index (χ3n) is 3.63. The van der Waals surface area contributed by atoms with Gasteiger partial charge in [0.2, 0.25) is 9.84 Å². The van der Waals surface area contributed by atoms with E-state index < -0.39 is 23.4 Å². The van der Waals surface area contributed by atoms with Gasteiger partial charge < -0.3 is 19.7 Å². The van der Waals surface area contributed by atoms with Gasteiger partial charge in [0.1, 0.15) is 11.5 Å². The lowest BCUT2D eigenvalue weighted by atomic mass is 10.1. The molecule has 0 bridgehead atoms. The predicted octanol–water partition coefficient (Wildman–Crippen LogP) is 2.10. The molecule has 6 nitrogen and oxygen atoms in total. The third kappa shape index (κ3) is 3.53. The van der Waals surface area contributed by atoms with Crippen molar-refractivity contribution in [1.29, 1.82) is 0 Å². The summed E-state index contributed by atoms with van der Waals surface area (Å²) in [6, 6.07) is 7.49. The van der Waals surface area contributed by atoms with Gasteiger partial charge in [-0.15, -0.1) is 0 Å². The Kier molecular flexibility index (Phi) is 5.48. The van der Waals surface area contributed by atoms with Crippen LogP contribution in [0.3, 0.4) is 0 Å². The number of ether oxygens (including phenoxy) is 2. The van der Waals surface area contributed by atoms with Crippen molar-refractivity contribution in [2.45, 2.75) is 30.6 Å². The van der Waals surface area contributed by atoms with Crippen LogP contribution in [0, 0.1) is 20.8 Å². The van der Waals surface area contributed by atoms with Gasteiger partial charge in [-0.3, -0.25) is 0 Å². The molecule has 0 spiro atoms. The van der Waals surface area contributed by atoms with Crippen molar-refractivity contribution in [3.8, 4) is 11.5 Å². The summed E-state index contributed by atoms with van der Waals surface area (Å²) >= 11 is 0. The maximum absolute atomic E-state index is 12.8. The van der Waals surface area contributed by atoms with Crippen LogP contribution < -0.4 is 9.47 Å². The van der Waals surface area contributed by atoms with Crippen molar-refractivity contribution in [2.75, 3.05) is 13.6 Å². The highest BCUT2D eigenvalue weighted by Crippen LogP contribution is 2.31. The molecule has 0 aliphatic rings. The van der Waals surface area contributed by atoms with Crippen molar-refractivity contribution in [3.63, 3.8) is 0 Å². The molecule has 0 heterocycles. The second-order valence-electron chi connectivity index (χ2n) is 5.36. The summed E-state index contributed by atoms with van der Waals surface area (Å²) in [5.74, 6) is 0.898. The fraction of sp³-hybridized carbons (Fsp3) is 0.294. The highest BCUT2D eigenvalue weighted by Gasteiger charge is 2.21. The molecule has 2 aromatic carbocycles. The fourth-order valence-electron chi connectivity index (χ4n) is 2.51. The molecule has 130 valence electrons. The van der Waals surface area contributed by atoms with Crippen molar-refractivity contribution in [2.24, 2.45) is 0 Å². The monoisotopic (exact) mass is 352 g/mol. The first-order chi connectivity index (χ1) is 11.3. The Bertz CT molecular complexity index is 819. The van der Waals surface area contributed by atoms with Crippen LogP contribution in [0.2, 0.25) is 0 Å². The second-order valence-corrected chi connectivity index (χ2v) is 7.31. The summed E-state index contributed by atoms with van der Waals surface area (Å²) in [4.78, 5) is 0.290. The van der Waals surface area contributed by atoms with Crippen LogP contribution >= 0.6 is 0 Å². The molecule has 2 N–H and O–H groups in total. The summed E-state index contributed by atoms with van der Waals surface area (Å²) in [6.45, 7) is 4.20. The van der Waals surface area contributed by atoms with E-state index in [1.54, 1.807) is 20.8 Å². The van der Waals surface area contributed by atoms with Crippen molar-refractivity contribution in [3.05, 3.63) is 47.0 Å². The predicted molar refractivity (Wildman–Crippen MR) is 88.0 cm³/mol. The van der Waals surface area contributed by atoms with Gasteiger partial charge in [0.15, 0.2) is 13.6 Å². The fourth-order valence-corrected chi connectivity index (χ4v) is 4.03. The van der Waals surface area contributed by atoms with E-state index >= 15 is 0 Å². The molecule has 0 radical (unpaired) electrons. The lowest BCUT2D eigenvalue weighted by Gasteiger charge is -2.14. The molecule has 2 aromatic rings. The van der Waals surface area contributed by atoms with Gasteiger partial charge in [-0.2, -0.15) is 0 Å². The van der Waals surface area contributed by atoms with Gasteiger partial charge in [0, 0.05) is 0 Å². The number of aliphatic hydroxyl groups is 2. The van der Waals surface area contributed by atoms with E-state index in [0.29, 0.717) is 28.2 Å². The van der Waals surface area contributed by atoms with Crippen LogP contribution in [-0.2, 0) is 9.84 Å². The minimum absolute atomic E-state index is 0.139. The molecule has 0 saturated carbocycles. The Morgan fingerprint density at radius 2 is 1.38 bits per heavy atom. The number of rotatable bonds is 6. The van der Waals surface area contributed by atoms with Gasteiger partial charge >= 0.3 is 0 Å². The Labute approximate surface area is 141 Å². The highest BCUT2D eigenvalue weighted by molar-refractivity contribution is 7.91. The SMILES string of the molecule is Cc1cc(S(=O)(=O)c2cc(C)c(OCO)c(C)c2)ccc1OCO. The molecule has 0 aromatic heterocycles. The minimum atomic E-state index is -3.71. The van der Waals surface area contributed by atoms with E-state index in [2.05, 4.69) is 0 Å². The standard InChI is InChI=1S/C17H20O6S/c1-11-6-14(4-5-16(11)22-9-18)24(20,21)15-7-12(2)17(23-10-19)13(3)8-15/h4-8,18-19H,9-10H2,1-3H3. The van der Waals surface area contributed by atoms with Crippen LogP contribution in [0.25, 0.3) is 0 Å². The molecule has 0 aliphatic heterocycles. The first kappa shape index (κ1) is 18.3. The Hall–Kier alpha value is -2.09. The van der Waals surface area contributed by atoms with E-state index in [4.69, 9.17) is 19.7 Å². The van der Waals surface area contributed by atoms with Crippen LogP contribution in [0.4, 0.5) is 0 Å². The van der Waals surface area contributed by atoms with Gasteiger partial charge in [0.25, 0.3) is 0 Å². The number of benzene rings is 2. The van der Waals surface area contributed by atoms with Crippen molar-refractivity contribution < 1.29 is 28.1 Å². The number of aryl methyl sites for hydroxylation is 3. The Balaban J connectivity index is 2.49. The third-order valence-corrected chi connectivity index (χ3v) is 5.36. The number of hydrogen-bond donors (Lipinski definition) is 2. The maximum atomic E-state index is 12.8. The van der Waals surface area contributed by atoms with E-state index in [1.807, 2.05) is 0 Å². The first-order valence-electron chi connectivity index (χ1n) is 7.25. The number of hydrogen-bond acceptors (Lipinski definition) is 6. The molecule has 0 saturated heterocycles. The smallest absolute Gasteiger partial charge is 0.206 e. The summed E-state index contributed by atoms with van der Waals surface area (Å²) in [5.41, 5.74) is 1.86. The Morgan fingerprint density at radius 1 is 0.833 bits per heavy atom. The quantitative estimate of drug-likeness (QED) is 0.774. The second kappa shape index (κ2) is 7.21. The maximum Gasteiger partial charge on any atom is 0.206 e. The molecule has 0 amide bonds. The molecule has 0 fully saturated rings. The van der Waals surface area contributed by atoms with Crippen molar-refractivity contribution >= 4 is 9.84 Å². The van der Waals surface area contributed by atoms with E-state index in [0.717, 1.165) is 0 Å². The summed E-state index contributed by atoms with van der Waals surface area (Å²) in [6.07, 6.45) is 0. The first-order valence-corrected chi connectivity index (χ1v) is 8.74. The summed E-state index contributed by atoms with van der Waals surface area (Å²) in [5, 5.41) is 17.7. The van der Waals surface area contributed by atoms with Gasteiger partial charge in [0.05, 0.1) is 9.79 Å². The average Bonchev–Trinajstić information content (AvgIpc) is 2.52. The van der Waals surface area contributed by atoms with Crippen LogP contribution in [0.5, 0.6) is 11.5 Å². The molecule has 0 atom stereocenters. The summed E-state index contributed by atoms with van der Waals surface area (Å²) < 4.78 is 35.8. The minimum Gasteiger partial charge on any atom is -0.467 e. The zero-order valence-corrected chi connectivity index (χ0v) is 14.6. The van der Waals surface area contributed by atoms with Crippen LogP contribution in [0.15, 0.2) is 40.1 Å². The number of aliphatic hydroxyl groups excluding tert-OH is 2. The average molecular weight is 352 g/mol.